The minimum atomic E-state index is -0.573. The Bertz CT molecular complexity index is 1880. The van der Waals surface area contributed by atoms with E-state index in [-0.39, 0.29) is 17.4 Å². The van der Waals surface area contributed by atoms with E-state index in [0.29, 0.717) is 37.7 Å². The molecule has 12 heteroatoms. The molecule has 0 fully saturated rings. The van der Waals surface area contributed by atoms with Crippen LogP contribution in [-0.4, -0.2) is 35.6 Å². The third-order valence-electron chi connectivity index (χ3n) is 6.43. The zero-order chi connectivity index (χ0) is 32.5. The molecule has 4 aromatic carbocycles. The Balaban J connectivity index is 1.21. The van der Waals surface area contributed by atoms with Gasteiger partial charge in [0.1, 0.15) is 11.4 Å². The lowest BCUT2D eigenvalue weighted by atomic mass is 10.1. The molecule has 1 heterocycles. The van der Waals surface area contributed by atoms with Crippen LogP contribution < -0.4 is 20.7 Å². The zero-order valence-electron chi connectivity index (χ0n) is 24.3. The SMILES string of the molecule is COc1ccccc1-c1csc(NC(=O)CSc2ccc(NC(=O)/C(=C/c3c(Cl)cccc3Cl)NC(=O)c3ccccc3)cc2)n1. The van der Waals surface area contributed by atoms with E-state index < -0.39 is 11.8 Å². The van der Waals surface area contributed by atoms with E-state index in [2.05, 4.69) is 20.9 Å². The van der Waals surface area contributed by atoms with E-state index in [1.165, 1.54) is 29.2 Å². The van der Waals surface area contributed by atoms with Crippen LogP contribution in [0.15, 0.2) is 113 Å². The topological polar surface area (TPSA) is 109 Å². The van der Waals surface area contributed by atoms with Gasteiger partial charge in [-0.2, -0.15) is 0 Å². The average molecular weight is 690 g/mol. The number of para-hydroxylation sites is 1. The van der Waals surface area contributed by atoms with Crippen LogP contribution in [0, 0.1) is 0 Å². The number of amides is 3. The second-order valence-electron chi connectivity index (χ2n) is 9.57. The number of anilines is 2. The molecule has 3 N–H and O–H groups in total. The van der Waals surface area contributed by atoms with Crippen LogP contribution in [0.4, 0.5) is 10.8 Å². The van der Waals surface area contributed by atoms with E-state index in [1.54, 1.807) is 79.9 Å². The lowest BCUT2D eigenvalue weighted by Gasteiger charge is -2.13. The van der Waals surface area contributed by atoms with Gasteiger partial charge in [0.05, 0.1) is 18.6 Å². The summed E-state index contributed by atoms with van der Waals surface area (Å²) in [6, 6.07) is 28.0. The summed E-state index contributed by atoms with van der Waals surface area (Å²) in [5.41, 5.74) is 2.77. The van der Waals surface area contributed by atoms with Crippen molar-refractivity contribution < 1.29 is 19.1 Å². The van der Waals surface area contributed by atoms with Gasteiger partial charge in [0.2, 0.25) is 5.91 Å². The first-order chi connectivity index (χ1) is 22.3. The normalized spacial score (nSPS) is 11.1. The van der Waals surface area contributed by atoms with Crippen LogP contribution in [0.25, 0.3) is 17.3 Å². The predicted octanol–water partition coefficient (Wildman–Crippen LogP) is 8.27. The second-order valence-corrected chi connectivity index (χ2v) is 12.3. The molecular weight excluding hydrogens is 663 g/mol. The highest BCUT2D eigenvalue weighted by atomic mass is 35.5. The Hall–Kier alpha value is -4.61. The third-order valence-corrected chi connectivity index (χ3v) is 8.86. The summed E-state index contributed by atoms with van der Waals surface area (Å²) in [5.74, 6) is -0.382. The first-order valence-corrected chi connectivity index (χ1v) is 16.4. The van der Waals surface area contributed by atoms with Gasteiger partial charge < -0.3 is 20.7 Å². The van der Waals surface area contributed by atoms with Gasteiger partial charge in [-0.15, -0.1) is 23.1 Å². The maximum absolute atomic E-state index is 13.4. The number of thiazole rings is 1. The number of ether oxygens (including phenoxy) is 1. The van der Waals surface area contributed by atoms with Crippen molar-refractivity contribution in [1.29, 1.82) is 0 Å². The molecule has 0 bridgehead atoms. The van der Waals surface area contributed by atoms with Crippen LogP contribution in [0.1, 0.15) is 15.9 Å². The molecule has 0 atom stereocenters. The number of carbonyl (C=O) groups is 3. The van der Waals surface area contributed by atoms with Crippen LogP contribution in [0.3, 0.4) is 0 Å². The highest BCUT2D eigenvalue weighted by molar-refractivity contribution is 8.00. The van der Waals surface area contributed by atoms with Crippen molar-refractivity contribution in [2.45, 2.75) is 4.90 Å². The Morgan fingerprint density at radius 3 is 2.28 bits per heavy atom. The fraction of sp³-hybridized carbons (Fsp3) is 0.0588. The molecule has 0 aliphatic rings. The number of aromatic nitrogens is 1. The lowest BCUT2D eigenvalue weighted by molar-refractivity contribution is -0.114. The molecule has 46 heavy (non-hydrogen) atoms. The molecule has 0 unspecified atom stereocenters. The Labute approximate surface area is 283 Å². The number of hydrogen-bond acceptors (Lipinski definition) is 7. The summed E-state index contributed by atoms with van der Waals surface area (Å²) in [4.78, 5) is 44.2. The largest absolute Gasteiger partial charge is 0.496 e. The molecular formula is C34H26Cl2N4O4S2. The lowest BCUT2D eigenvalue weighted by Crippen LogP contribution is -2.30. The van der Waals surface area contributed by atoms with E-state index in [0.717, 1.165) is 16.2 Å². The van der Waals surface area contributed by atoms with E-state index >= 15 is 0 Å². The molecule has 0 saturated carbocycles. The summed E-state index contributed by atoms with van der Waals surface area (Å²) in [6.07, 6.45) is 1.44. The zero-order valence-corrected chi connectivity index (χ0v) is 27.4. The maximum Gasteiger partial charge on any atom is 0.272 e. The summed E-state index contributed by atoms with van der Waals surface area (Å²) in [7, 11) is 1.60. The molecule has 0 saturated heterocycles. The molecule has 5 rings (SSSR count). The Morgan fingerprint density at radius 1 is 0.870 bits per heavy atom. The summed E-state index contributed by atoms with van der Waals surface area (Å²) in [5, 5.41) is 11.3. The number of benzene rings is 4. The van der Waals surface area contributed by atoms with Gasteiger partial charge in [0.25, 0.3) is 11.8 Å². The molecule has 232 valence electrons. The highest BCUT2D eigenvalue weighted by Gasteiger charge is 2.17. The minimum absolute atomic E-state index is 0.0463. The smallest absolute Gasteiger partial charge is 0.272 e. The number of carbonyl (C=O) groups excluding carboxylic acids is 3. The minimum Gasteiger partial charge on any atom is -0.496 e. The van der Waals surface area contributed by atoms with E-state index in [4.69, 9.17) is 27.9 Å². The van der Waals surface area contributed by atoms with Crippen LogP contribution in [0.2, 0.25) is 10.0 Å². The molecule has 8 nitrogen and oxygen atoms in total. The highest BCUT2D eigenvalue weighted by Crippen LogP contribution is 2.32. The number of nitrogens with one attached hydrogen (secondary N) is 3. The third kappa shape index (κ3) is 8.55. The quantitative estimate of drug-likeness (QED) is 0.0952. The first-order valence-electron chi connectivity index (χ1n) is 13.8. The van der Waals surface area contributed by atoms with Crippen molar-refractivity contribution >= 4 is 80.9 Å². The van der Waals surface area contributed by atoms with Crippen molar-refractivity contribution in [3.05, 3.63) is 129 Å². The molecule has 0 radical (unpaired) electrons. The van der Waals surface area contributed by atoms with Gasteiger partial charge in [-0.1, -0.05) is 59.6 Å². The van der Waals surface area contributed by atoms with Crippen molar-refractivity contribution in [2.75, 3.05) is 23.5 Å². The number of methoxy groups -OCH3 is 1. The number of rotatable bonds is 11. The molecule has 1 aromatic heterocycles. The van der Waals surface area contributed by atoms with Gasteiger partial charge in [0, 0.05) is 42.7 Å². The summed E-state index contributed by atoms with van der Waals surface area (Å²) >= 11 is 15.3. The van der Waals surface area contributed by atoms with Crippen molar-refractivity contribution in [3.63, 3.8) is 0 Å². The van der Waals surface area contributed by atoms with Gasteiger partial charge in [-0.25, -0.2) is 4.98 Å². The summed E-state index contributed by atoms with van der Waals surface area (Å²) in [6.45, 7) is 0. The first kappa shape index (κ1) is 32.8. The van der Waals surface area contributed by atoms with Crippen LogP contribution in [0.5, 0.6) is 5.75 Å². The number of halogens is 2. The molecule has 0 aliphatic heterocycles. The molecule has 5 aromatic rings. The van der Waals surface area contributed by atoms with Gasteiger partial charge >= 0.3 is 0 Å². The Kier molecular flexibility index (Phi) is 11.1. The van der Waals surface area contributed by atoms with E-state index in [9.17, 15) is 14.4 Å². The van der Waals surface area contributed by atoms with Crippen molar-refractivity contribution in [1.82, 2.24) is 10.3 Å². The van der Waals surface area contributed by atoms with Gasteiger partial charge in [-0.3, -0.25) is 14.4 Å². The van der Waals surface area contributed by atoms with Crippen LogP contribution >= 0.6 is 46.3 Å². The predicted molar refractivity (Wildman–Crippen MR) is 187 cm³/mol. The Morgan fingerprint density at radius 2 is 1.57 bits per heavy atom. The van der Waals surface area contributed by atoms with Crippen molar-refractivity contribution in [2.24, 2.45) is 0 Å². The summed E-state index contributed by atoms with van der Waals surface area (Å²) < 4.78 is 5.40. The average Bonchev–Trinajstić information content (AvgIpc) is 3.54. The van der Waals surface area contributed by atoms with Gasteiger partial charge in [0.15, 0.2) is 5.13 Å². The molecule has 3 amide bonds. The molecule has 0 spiro atoms. The van der Waals surface area contributed by atoms with Crippen molar-refractivity contribution in [3.8, 4) is 17.0 Å². The van der Waals surface area contributed by atoms with Gasteiger partial charge in [-0.05, 0) is 66.7 Å². The van der Waals surface area contributed by atoms with E-state index in [1.807, 2.05) is 29.6 Å². The standard InChI is InChI=1S/C34H26Cl2N4O4S2/c1-44-30-13-6-5-10-24(30)29-19-46-34(39-29)40-31(41)20-45-23-16-14-22(15-17-23)37-33(43)28(18-25-26(35)11-7-12-27(25)36)38-32(42)21-8-3-2-4-9-21/h2-19H,20H2,1H3,(H,37,43)(H,38,42)(H,39,40,41)/b28-18-. The fourth-order valence-electron chi connectivity index (χ4n) is 4.18. The monoisotopic (exact) mass is 688 g/mol. The fourth-order valence-corrected chi connectivity index (χ4v) is 6.12. The maximum atomic E-state index is 13.4. The number of nitrogens with zero attached hydrogens (tertiary/aromatic N) is 1. The number of thioether (sulfide) groups is 1. The molecule has 0 aliphatic carbocycles. The number of hydrogen-bond donors (Lipinski definition) is 3. The second kappa shape index (κ2) is 15.6. The van der Waals surface area contributed by atoms with Crippen LogP contribution in [-0.2, 0) is 9.59 Å².